The number of carboxylic acid groups (broad SMARTS) is 1. The van der Waals surface area contributed by atoms with Crippen molar-refractivity contribution in [1.82, 2.24) is 19.6 Å². The van der Waals surface area contributed by atoms with Crippen molar-refractivity contribution < 1.29 is 34.0 Å². The Labute approximate surface area is 220 Å². The highest BCUT2D eigenvalue weighted by molar-refractivity contribution is 8.00. The quantitative estimate of drug-likeness (QED) is 0.125. The van der Waals surface area contributed by atoms with Crippen LogP contribution in [-0.4, -0.2) is 73.2 Å². The summed E-state index contributed by atoms with van der Waals surface area (Å²) >= 11 is 2.22. The van der Waals surface area contributed by atoms with Gasteiger partial charge in [-0.1, -0.05) is 5.16 Å². The molecule has 4 rings (SSSR count). The molecule has 2 aromatic heterocycles. The molecule has 2 aliphatic heterocycles. The third kappa shape index (κ3) is 5.73. The summed E-state index contributed by atoms with van der Waals surface area (Å²) in [6.45, 7) is 2.24. The number of nitrogens with zero attached hydrogens (tertiary/aromatic N) is 5. The fourth-order valence-electron chi connectivity index (χ4n) is 3.91. The number of nitrogens with two attached hydrogens (primary N) is 1. The number of aliphatic hydroxyl groups excluding tert-OH is 1. The summed E-state index contributed by atoms with van der Waals surface area (Å²) < 4.78 is 5.79. The Bertz CT molecular complexity index is 1250. The van der Waals surface area contributed by atoms with E-state index >= 15 is 0 Å². The van der Waals surface area contributed by atoms with E-state index in [1.165, 1.54) is 11.8 Å². The molecule has 0 saturated carbocycles. The Hall–Kier alpha value is -3.56. The number of aryl methyl sites for hydroxylation is 1. The van der Waals surface area contributed by atoms with Gasteiger partial charge in [0, 0.05) is 41.6 Å². The Kier molecular flexibility index (Phi) is 8.35. The number of aliphatic hydroxyl groups is 1. The monoisotopic (exact) mass is 547 g/mol. The van der Waals surface area contributed by atoms with Crippen LogP contribution in [-0.2, 0) is 32.2 Å². The molecular formula is C22H25N7O6S2. The van der Waals surface area contributed by atoms with Crippen molar-refractivity contribution in [2.24, 2.45) is 5.16 Å². The molecule has 0 spiro atoms. The number of thioether (sulfide) groups is 1. The molecular weight excluding hydrogens is 522 g/mol. The zero-order valence-corrected chi connectivity index (χ0v) is 21.5. The molecule has 4 N–H and O–H groups in total. The van der Waals surface area contributed by atoms with E-state index in [1.807, 2.05) is 29.1 Å². The first-order valence-corrected chi connectivity index (χ1v) is 13.2. The molecule has 0 bridgehead atoms. The summed E-state index contributed by atoms with van der Waals surface area (Å²) in [5.41, 5.74) is 6.76. The molecule has 4 heterocycles. The maximum absolute atomic E-state index is 13.0. The number of amides is 2. The first-order valence-electron chi connectivity index (χ1n) is 11.4. The van der Waals surface area contributed by atoms with Gasteiger partial charge in [-0.25, -0.2) is 4.57 Å². The van der Waals surface area contributed by atoms with E-state index in [2.05, 4.69) is 19.8 Å². The molecule has 15 heteroatoms. The molecule has 196 valence electrons. The number of carbonyl (C=O) groups excluding carboxylic acids is 3. The highest BCUT2D eigenvalue weighted by Crippen LogP contribution is 2.40. The van der Waals surface area contributed by atoms with Crippen molar-refractivity contribution in [1.29, 1.82) is 0 Å². The molecule has 1 saturated heterocycles. The lowest BCUT2D eigenvalue weighted by Crippen LogP contribution is -2.71. The van der Waals surface area contributed by atoms with Gasteiger partial charge in [-0.15, -0.1) is 11.8 Å². The summed E-state index contributed by atoms with van der Waals surface area (Å²) in [5.74, 6) is -2.49. The third-order valence-electron chi connectivity index (χ3n) is 5.64. The topological polar surface area (TPSA) is 187 Å². The number of rotatable bonds is 11. The Morgan fingerprint density at radius 1 is 1.41 bits per heavy atom. The number of β-lactam (4-membered cyclic amide) rings is 1. The summed E-state index contributed by atoms with van der Waals surface area (Å²) in [4.78, 5) is 48.1. The highest BCUT2D eigenvalue weighted by Gasteiger charge is 2.53. The normalized spacial score (nSPS) is 19.4. The van der Waals surface area contributed by atoms with E-state index < -0.39 is 29.2 Å². The fraction of sp³-hybridized carbons (Fsp3) is 0.409. The van der Waals surface area contributed by atoms with Crippen LogP contribution in [0.5, 0.6) is 0 Å². The number of aromatic nitrogens is 3. The van der Waals surface area contributed by atoms with Crippen molar-refractivity contribution in [3.8, 4) is 0 Å². The SMILES string of the molecule is CCO/N=C(\C(=O)NC1C(=O)N2C(C(=O)[O-])=C(C[n+]3ccc(CCCO)cc3)CS[C@H]12)c1nsc(N)n1. The van der Waals surface area contributed by atoms with Crippen LogP contribution >= 0.6 is 23.3 Å². The number of fused-ring (bicyclic) bond motifs is 1. The standard InChI is InChI=1S/C22H25N7O6S2/c1-2-35-26-14(17-25-22(23)37-27-17)18(31)24-15-19(32)29-16(21(33)34)13(11-36-20(15)29)10-28-7-5-12(6-8-28)4-3-9-30/h5-8,15,20,30H,2-4,9-11H2,1H3,(H3-,23,24,25,27,31,33,34)/b26-14-/t15?,20-/m1/s1. The van der Waals surface area contributed by atoms with Crippen molar-refractivity contribution in [3.63, 3.8) is 0 Å². The number of aliphatic carboxylic acids is 1. The minimum atomic E-state index is -1.46. The van der Waals surface area contributed by atoms with Gasteiger partial charge in [0.05, 0.1) is 11.7 Å². The zero-order chi connectivity index (χ0) is 26.5. The van der Waals surface area contributed by atoms with Crippen LogP contribution in [0.1, 0.15) is 24.7 Å². The minimum Gasteiger partial charge on any atom is -0.543 e. The van der Waals surface area contributed by atoms with Crippen LogP contribution in [0, 0.1) is 0 Å². The van der Waals surface area contributed by atoms with E-state index in [0.717, 1.165) is 28.4 Å². The lowest BCUT2D eigenvalue weighted by atomic mass is 10.0. The summed E-state index contributed by atoms with van der Waals surface area (Å²) in [7, 11) is 0. The molecule has 2 aliphatic rings. The summed E-state index contributed by atoms with van der Waals surface area (Å²) in [5, 5.41) is 26.9. The molecule has 13 nitrogen and oxygen atoms in total. The number of carbonyl (C=O) groups is 3. The van der Waals surface area contributed by atoms with E-state index in [1.54, 1.807) is 6.92 Å². The van der Waals surface area contributed by atoms with Crippen LogP contribution in [0.3, 0.4) is 0 Å². The van der Waals surface area contributed by atoms with Gasteiger partial charge in [-0.2, -0.15) is 9.36 Å². The second kappa shape index (κ2) is 11.7. The van der Waals surface area contributed by atoms with Crippen molar-refractivity contribution in [3.05, 3.63) is 47.2 Å². The zero-order valence-electron chi connectivity index (χ0n) is 19.8. The summed E-state index contributed by atoms with van der Waals surface area (Å²) in [6, 6.07) is 2.83. The van der Waals surface area contributed by atoms with Gasteiger partial charge >= 0.3 is 0 Å². The van der Waals surface area contributed by atoms with E-state index in [-0.39, 0.29) is 42.1 Å². The number of nitrogens with one attached hydrogen (secondary N) is 1. The average Bonchev–Trinajstić information content (AvgIpc) is 3.32. The number of hydrogen-bond acceptors (Lipinski definition) is 12. The molecule has 2 aromatic rings. The molecule has 0 aromatic carbocycles. The number of nitrogen functional groups attached to an aromatic ring is 1. The maximum Gasteiger partial charge on any atom is 0.278 e. The Morgan fingerprint density at radius 3 is 2.78 bits per heavy atom. The van der Waals surface area contributed by atoms with Crippen LogP contribution in [0.4, 0.5) is 5.13 Å². The number of carboxylic acids is 1. The van der Waals surface area contributed by atoms with Gasteiger partial charge in [0.25, 0.3) is 11.8 Å². The fourth-order valence-corrected chi connectivity index (χ4v) is 5.68. The first-order chi connectivity index (χ1) is 17.8. The lowest BCUT2D eigenvalue weighted by molar-refractivity contribution is -0.689. The van der Waals surface area contributed by atoms with Crippen LogP contribution in [0.2, 0.25) is 0 Å². The number of hydrogen-bond donors (Lipinski definition) is 3. The first kappa shape index (κ1) is 26.5. The van der Waals surface area contributed by atoms with Gasteiger partial charge in [-0.3, -0.25) is 14.5 Å². The molecule has 1 fully saturated rings. The lowest BCUT2D eigenvalue weighted by Gasteiger charge is -2.50. The van der Waals surface area contributed by atoms with Crippen molar-refractivity contribution in [2.75, 3.05) is 24.7 Å². The predicted octanol–water partition coefficient (Wildman–Crippen LogP) is -1.82. The molecule has 2 atom stereocenters. The highest BCUT2D eigenvalue weighted by atomic mass is 32.2. The van der Waals surface area contributed by atoms with Crippen molar-refractivity contribution in [2.45, 2.75) is 37.7 Å². The number of pyridine rings is 1. The van der Waals surface area contributed by atoms with Crippen LogP contribution in [0.25, 0.3) is 0 Å². The molecule has 2 amide bonds. The van der Waals surface area contributed by atoms with Crippen LogP contribution < -0.4 is 20.7 Å². The number of oxime groups is 1. The molecule has 0 aliphatic carbocycles. The minimum absolute atomic E-state index is 0.0367. The molecule has 37 heavy (non-hydrogen) atoms. The maximum atomic E-state index is 13.0. The largest absolute Gasteiger partial charge is 0.543 e. The van der Waals surface area contributed by atoms with Crippen molar-refractivity contribution >= 4 is 51.9 Å². The van der Waals surface area contributed by atoms with Gasteiger partial charge in [0.15, 0.2) is 24.1 Å². The third-order valence-corrected chi connectivity index (χ3v) is 7.52. The Morgan fingerprint density at radius 2 is 2.16 bits per heavy atom. The van der Waals surface area contributed by atoms with Crippen LogP contribution in [0.15, 0.2) is 41.0 Å². The van der Waals surface area contributed by atoms with E-state index in [9.17, 15) is 19.5 Å². The van der Waals surface area contributed by atoms with E-state index in [4.69, 9.17) is 15.7 Å². The van der Waals surface area contributed by atoms with E-state index in [0.29, 0.717) is 17.7 Å². The Balaban J connectivity index is 1.49. The van der Waals surface area contributed by atoms with Gasteiger partial charge in [-0.05, 0) is 25.3 Å². The molecule has 1 unspecified atom stereocenters. The smallest absolute Gasteiger partial charge is 0.278 e. The molecule has 0 radical (unpaired) electrons. The number of anilines is 1. The van der Waals surface area contributed by atoms with Gasteiger partial charge in [0.1, 0.15) is 18.0 Å². The average molecular weight is 548 g/mol. The van der Waals surface area contributed by atoms with Gasteiger partial charge < -0.3 is 30.9 Å². The summed E-state index contributed by atoms with van der Waals surface area (Å²) in [6.07, 6.45) is 5.04. The second-order valence-electron chi connectivity index (χ2n) is 8.12. The predicted molar refractivity (Wildman–Crippen MR) is 132 cm³/mol. The van der Waals surface area contributed by atoms with Gasteiger partial charge in [0.2, 0.25) is 11.5 Å². The second-order valence-corrected chi connectivity index (χ2v) is 10.0.